The molecular formula is C14H20N4O5S. The number of amides is 2. The van der Waals surface area contributed by atoms with E-state index >= 15 is 0 Å². The van der Waals surface area contributed by atoms with Crippen LogP contribution in [0.25, 0.3) is 0 Å². The van der Waals surface area contributed by atoms with E-state index in [1.807, 2.05) is 0 Å². The lowest BCUT2D eigenvalue weighted by Gasteiger charge is -2.27. The molecule has 0 radical (unpaired) electrons. The van der Waals surface area contributed by atoms with Gasteiger partial charge in [-0.05, 0) is 19.3 Å². The molecule has 0 bridgehead atoms. The van der Waals surface area contributed by atoms with Crippen LogP contribution in [0, 0.1) is 12.8 Å². The van der Waals surface area contributed by atoms with Gasteiger partial charge in [0.25, 0.3) is 5.91 Å². The number of carbonyl (C=O) groups is 2. The van der Waals surface area contributed by atoms with E-state index in [-0.39, 0.29) is 30.3 Å². The van der Waals surface area contributed by atoms with E-state index in [4.69, 9.17) is 4.52 Å². The Morgan fingerprint density at radius 2 is 2.08 bits per heavy atom. The van der Waals surface area contributed by atoms with Gasteiger partial charge in [-0.3, -0.25) is 9.59 Å². The first-order valence-electron chi connectivity index (χ1n) is 7.64. The molecule has 1 N–H and O–H groups in total. The SMILES string of the molecule is CNC(=O)[C@H]1C[C@@H]2CN(C(=O)c3cnoc3C)C[C@@H]2N1S(C)(=O)=O. The van der Waals surface area contributed by atoms with Crippen molar-refractivity contribution in [1.29, 1.82) is 0 Å². The molecule has 132 valence electrons. The van der Waals surface area contributed by atoms with Crippen molar-refractivity contribution in [2.24, 2.45) is 5.92 Å². The summed E-state index contributed by atoms with van der Waals surface area (Å²) in [6.45, 7) is 2.32. The third-order valence-corrected chi connectivity index (χ3v) is 6.06. The van der Waals surface area contributed by atoms with Crippen molar-refractivity contribution in [1.82, 2.24) is 19.7 Å². The molecule has 2 aliphatic rings. The summed E-state index contributed by atoms with van der Waals surface area (Å²) in [5, 5.41) is 6.12. The maximum absolute atomic E-state index is 12.6. The number of carbonyl (C=O) groups excluding carboxylic acids is 2. The van der Waals surface area contributed by atoms with Gasteiger partial charge >= 0.3 is 0 Å². The molecule has 10 heteroatoms. The quantitative estimate of drug-likeness (QED) is 0.759. The number of hydrogen-bond donors (Lipinski definition) is 1. The molecule has 9 nitrogen and oxygen atoms in total. The van der Waals surface area contributed by atoms with E-state index in [9.17, 15) is 18.0 Å². The highest BCUT2D eigenvalue weighted by molar-refractivity contribution is 7.88. The highest BCUT2D eigenvalue weighted by Gasteiger charge is 2.53. The van der Waals surface area contributed by atoms with Crippen LogP contribution in [0.15, 0.2) is 10.7 Å². The lowest BCUT2D eigenvalue weighted by molar-refractivity contribution is -0.124. The second-order valence-electron chi connectivity index (χ2n) is 6.29. The molecule has 1 aromatic heterocycles. The van der Waals surface area contributed by atoms with Crippen LogP contribution in [-0.4, -0.2) is 73.1 Å². The summed E-state index contributed by atoms with van der Waals surface area (Å²) in [6, 6.07) is -1.10. The number of likely N-dealkylation sites (tertiary alicyclic amines) is 1. The van der Waals surface area contributed by atoms with Gasteiger partial charge in [0.1, 0.15) is 17.4 Å². The number of sulfonamides is 1. The van der Waals surface area contributed by atoms with Gasteiger partial charge in [0.05, 0.1) is 12.5 Å². The van der Waals surface area contributed by atoms with Crippen molar-refractivity contribution < 1.29 is 22.5 Å². The van der Waals surface area contributed by atoms with E-state index in [0.29, 0.717) is 24.3 Å². The summed E-state index contributed by atoms with van der Waals surface area (Å²) >= 11 is 0. The monoisotopic (exact) mass is 356 g/mol. The highest BCUT2D eigenvalue weighted by atomic mass is 32.2. The zero-order chi connectivity index (χ0) is 17.6. The molecule has 0 aromatic carbocycles. The largest absolute Gasteiger partial charge is 0.361 e. The molecule has 24 heavy (non-hydrogen) atoms. The van der Waals surface area contributed by atoms with Gasteiger partial charge in [-0.1, -0.05) is 5.16 Å². The fraction of sp³-hybridized carbons (Fsp3) is 0.643. The summed E-state index contributed by atoms with van der Waals surface area (Å²) in [7, 11) is -2.08. The molecule has 2 amide bonds. The minimum Gasteiger partial charge on any atom is -0.361 e. The van der Waals surface area contributed by atoms with Gasteiger partial charge in [0.2, 0.25) is 15.9 Å². The Hall–Kier alpha value is -1.94. The van der Waals surface area contributed by atoms with E-state index in [1.54, 1.807) is 11.8 Å². The van der Waals surface area contributed by atoms with Crippen molar-refractivity contribution in [2.75, 3.05) is 26.4 Å². The molecule has 1 aromatic rings. The molecule has 3 heterocycles. The predicted octanol–water partition coefficient (Wildman–Crippen LogP) is -0.796. The predicted molar refractivity (Wildman–Crippen MR) is 83.6 cm³/mol. The van der Waals surface area contributed by atoms with Crippen molar-refractivity contribution in [3.05, 3.63) is 17.5 Å². The van der Waals surface area contributed by atoms with Gasteiger partial charge in [-0.15, -0.1) is 0 Å². The van der Waals surface area contributed by atoms with Crippen molar-refractivity contribution >= 4 is 21.8 Å². The van der Waals surface area contributed by atoms with Gasteiger partial charge in [0.15, 0.2) is 0 Å². The summed E-state index contributed by atoms with van der Waals surface area (Å²) in [6.07, 6.45) is 2.87. The zero-order valence-electron chi connectivity index (χ0n) is 13.7. The fourth-order valence-electron chi connectivity index (χ4n) is 3.70. The number of aryl methyl sites for hydroxylation is 1. The third-order valence-electron chi connectivity index (χ3n) is 4.77. The number of nitrogens with zero attached hydrogens (tertiary/aromatic N) is 3. The second kappa shape index (κ2) is 5.85. The normalized spacial score (nSPS) is 27.3. The van der Waals surface area contributed by atoms with Crippen LogP contribution in [0.3, 0.4) is 0 Å². The number of hydrogen-bond acceptors (Lipinski definition) is 6. The van der Waals surface area contributed by atoms with Crippen LogP contribution < -0.4 is 5.32 Å². The minimum atomic E-state index is -3.57. The standard InChI is InChI=1S/C14H20N4O5S/c1-8-10(5-16-23-8)14(20)17-6-9-4-11(13(19)15-2)18(12(9)7-17)24(3,21)22/h5,9,11-12H,4,6-7H2,1-3H3,(H,15,19)/t9-,11-,12+/m1/s1. The molecule has 0 spiro atoms. The molecule has 3 atom stereocenters. The molecule has 3 rings (SSSR count). The van der Waals surface area contributed by atoms with Crippen molar-refractivity contribution in [2.45, 2.75) is 25.4 Å². The second-order valence-corrected chi connectivity index (χ2v) is 8.18. The maximum atomic E-state index is 12.6. The van der Waals surface area contributed by atoms with Gasteiger partial charge < -0.3 is 14.7 Å². The Balaban J connectivity index is 1.83. The molecule has 0 saturated carbocycles. The van der Waals surface area contributed by atoms with Crippen LogP contribution >= 0.6 is 0 Å². The van der Waals surface area contributed by atoms with Crippen LogP contribution in [-0.2, 0) is 14.8 Å². The third kappa shape index (κ3) is 2.69. The number of aromatic nitrogens is 1. The molecule has 2 fully saturated rings. The summed E-state index contributed by atoms with van der Waals surface area (Å²) in [4.78, 5) is 26.2. The van der Waals surface area contributed by atoms with E-state index in [1.165, 1.54) is 17.5 Å². The van der Waals surface area contributed by atoms with E-state index in [0.717, 1.165) is 6.26 Å². The van der Waals surface area contributed by atoms with Crippen molar-refractivity contribution in [3.63, 3.8) is 0 Å². The average Bonchev–Trinajstić information content (AvgIpc) is 3.17. The first-order chi connectivity index (χ1) is 11.2. The fourth-order valence-corrected chi connectivity index (χ4v) is 5.08. The van der Waals surface area contributed by atoms with Gasteiger partial charge in [-0.25, -0.2) is 8.42 Å². The number of fused-ring (bicyclic) bond motifs is 1. The lowest BCUT2D eigenvalue weighted by Crippen LogP contribution is -2.49. The number of rotatable bonds is 3. The molecule has 0 aliphatic carbocycles. The molecule has 2 aliphatic heterocycles. The first kappa shape index (κ1) is 16.9. The van der Waals surface area contributed by atoms with E-state index in [2.05, 4.69) is 10.5 Å². The first-order valence-corrected chi connectivity index (χ1v) is 9.49. The molecule has 2 saturated heterocycles. The Bertz CT molecular complexity index is 774. The summed E-state index contributed by atoms with van der Waals surface area (Å²) in [5.41, 5.74) is 0.378. The zero-order valence-corrected chi connectivity index (χ0v) is 14.5. The smallest absolute Gasteiger partial charge is 0.259 e. The number of nitrogens with one attached hydrogen (secondary N) is 1. The Labute approximate surface area is 140 Å². The van der Waals surface area contributed by atoms with Crippen LogP contribution in [0.2, 0.25) is 0 Å². The lowest BCUT2D eigenvalue weighted by atomic mass is 10.0. The molecular weight excluding hydrogens is 336 g/mol. The van der Waals surface area contributed by atoms with E-state index < -0.39 is 16.1 Å². The minimum absolute atomic E-state index is 0.0638. The van der Waals surface area contributed by atoms with Crippen LogP contribution in [0.1, 0.15) is 22.5 Å². The van der Waals surface area contributed by atoms with Gasteiger partial charge in [-0.2, -0.15) is 4.31 Å². The molecule has 0 unspecified atom stereocenters. The number of likely N-dealkylation sites (N-methyl/N-ethyl adjacent to an activating group) is 1. The Morgan fingerprint density at radius 3 is 2.62 bits per heavy atom. The maximum Gasteiger partial charge on any atom is 0.259 e. The topological polar surface area (TPSA) is 113 Å². The van der Waals surface area contributed by atoms with Crippen LogP contribution in [0.5, 0.6) is 0 Å². The Kier molecular flexibility index (Phi) is 4.12. The van der Waals surface area contributed by atoms with Crippen molar-refractivity contribution in [3.8, 4) is 0 Å². The summed E-state index contributed by atoms with van der Waals surface area (Å²) < 4.78 is 30.5. The highest BCUT2D eigenvalue weighted by Crippen LogP contribution is 2.38. The average molecular weight is 356 g/mol. The summed E-state index contributed by atoms with van der Waals surface area (Å²) in [5.74, 6) is -0.179. The van der Waals surface area contributed by atoms with Gasteiger partial charge in [0, 0.05) is 26.2 Å². The van der Waals surface area contributed by atoms with Crippen LogP contribution in [0.4, 0.5) is 0 Å². The Morgan fingerprint density at radius 1 is 1.38 bits per heavy atom.